The van der Waals surface area contributed by atoms with Crippen LogP contribution in [0.15, 0.2) is 11.6 Å². The summed E-state index contributed by atoms with van der Waals surface area (Å²) in [5.74, 6) is 2.81. The molecule has 0 aromatic carbocycles. The van der Waals surface area contributed by atoms with Gasteiger partial charge in [0.05, 0.1) is 0 Å². The molecule has 0 saturated heterocycles. The van der Waals surface area contributed by atoms with E-state index in [1.807, 2.05) is 5.57 Å². The molecular weight excluding hydrogens is 460 g/mol. The molecule has 0 heterocycles. The van der Waals surface area contributed by atoms with Crippen LogP contribution in [0.5, 0.6) is 0 Å². The summed E-state index contributed by atoms with van der Waals surface area (Å²) in [4.78, 5) is 0. The highest BCUT2D eigenvalue weighted by molar-refractivity contribution is 5.14. The fourth-order valence-electron chi connectivity index (χ4n) is 7.08. The van der Waals surface area contributed by atoms with Gasteiger partial charge in [0.25, 0.3) is 0 Å². The van der Waals surface area contributed by atoms with Gasteiger partial charge in [-0.3, -0.25) is 0 Å². The topological polar surface area (TPSA) is 52.0 Å². The van der Waals surface area contributed by atoms with Crippen LogP contribution < -0.4 is 11.5 Å². The van der Waals surface area contributed by atoms with Gasteiger partial charge in [0.1, 0.15) is 0 Å². The number of hydrogen-bond acceptors (Lipinski definition) is 2. The highest BCUT2D eigenvalue weighted by Gasteiger charge is 2.33. The lowest BCUT2D eigenvalue weighted by atomic mass is 9.66. The van der Waals surface area contributed by atoms with Gasteiger partial charge in [-0.1, -0.05) is 147 Å². The molecule has 3 unspecified atom stereocenters. The molecule has 1 aliphatic rings. The SMILES string of the molecule is CCCCCCC1=CCC(CCCCCCCCN)C(CCCCCCCCCCN)C1CCCCCC. The van der Waals surface area contributed by atoms with Gasteiger partial charge in [0, 0.05) is 0 Å². The molecule has 0 spiro atoms. The number of hydrogen-bond donors (Lipinski definition) is 2. The van der Waals surface area contributed by atoms with Crippen LogP contribution >= 0.6 is 0 Å². The molecule has 2 heteroatoms. The number of allylic oxidation sites excluding steroid dienone is 2. The molecule has 0 fully saturated rings. The first kappa shape index (κ1) is 35.7. The second kappa shape index (κ2) is 26.9. The molecule has 0 radical (unpaired) electrons. The predicted molar refractivity (Wildman–Crippen MR) is 173 cm³/mol. The van der Waals surface area contributed by atoms with Crippen molar-refractivity contribution in [3.05, 3.63) is 11.6 Å². The van der Waals surface area contributed by atoms with E-state index in [2.05, 4.69) is 19.9 Å². The molecule has 3 atom stereocenters. The first-order chi connectivity index (χ1) is 18.8. The number of rotatable bonds is 28. The van der Waals surface area contributed by atoms with Crippen LogP contribution in [0.3, 0.4) is 0 Å². The normalized spacial score (nSPS) is 19.7. The van der Waals surface area contributed by atoms with Crippen molar-refractivity contribution in [2.45, 2.75) is 187 Å². The third-order valence-electron chi connectivity index (χ3n) is 9.49. The predicted octanol–water partition coefficient (Wildman–Crippen LogP) is 11.3. The molecule has 4 N–H and O–H groups in total. The second-order valence-corrected chi connectivity index (χ2v) is 12.8. The lowest BCUT2D eigenvalue weighted by Gasteiger charge is -2.40. The Bertz CT molecular complexity index is 513. The Morgan fingerprint density at radius 1 is 0.526 bits per heavy atom. The minimum absolute atomic E-state index is 0.866. The molecule has 0 saturated carbocycles. The van der Waals surface area contributed by atoms with Crippen LogP contribution in [-0.4, -0.2) is 13.1 Å². The second-order valence-electron chi connectivity index (χ2n) is 12.8. The third-order valence-corrected chi connectivity index (χ3v) is 9.49. The van der Waals surface area contributed by atoms with Crippen molar-refractivity contribution in [3.63, 3.8) is 0 Å². The molecule has 0 aromatic heterocycles. The molecule has 0 aliphatic heterocycles. The zero-order valence-electron chi connectivity index (χ0n) is 26.5. The first-order valence-corrected chi connectivity index (χ1v) is 17.9. The highest BCUT2D eigenvalue weighted by atomic mass is 14.5. The highest BCUT2D eigenvalue weighted by Crippen LogP contribution is 2.44. The van der Waals surface area contributed by atoms with Gasteiger partial charge in [-0.2, -0.15) is 0 Å². The van der Waals surface area contributed by atoms with E-state index >= 15 is 0 Å². The summed E-state index contributed by atoms with van der Waals surface area (Å²) in [6, 6.07) is 0. The maximum atomic E-state index is 5.68. The summed E-state index contributed by atoms with van der Waals surface area (Å²) in [5.41, 5.74) is 13.2. The van der Waals surface area contributed by atoms with Crippen molar-refractivity contribution in [1.82, 2.24) is 0 Å². The van der Waals surface area contributed by atoms with Crippen LogP contribution in [0.25, 0.3) is 0 Å². The van der Waals surface area contributed by atoms with Crippen molar-refractivity contribution in [1.29, 1.82) is 0 Å². The average Bonchev–Trinajstić information content (AvgIpc) is 2.93. The zero-order chi connectivity index (χ0) is 27.5. The van der Waals surface area contributed by atoms with Crippen molar-refractivity contribution >= 4 is 0 Å². The Morgan fingerprint density at radius 3 is 1.53 bits per heavy atom. The van der Waals surface area contributed by atoms with Gasteiger partial charge in [-0.05, 0) is 82.2 Å². The Hall–Kier alpha value is -0.340. The maximum Gasteiger partial charge on any atom is -0.00773 e. The average molecular weight is 533 g/mol. The minimum atomic E-state index is 0.866. The first-order valence-electron chi connectivity index (χ1n) is 17.9. The molecule has 0 aromatic rings. The maximum absolute atomic E-state index is 5.68. The molecule has 38 heavy (non-hydrogen) atoms. The van der Waals surface area contributed by atoms with E-state index in [0.717, 1.165) is 30.8 Å². The van der Waals surface area contributed by atoms with Crippen LogP contribution in [0, 0.1) is 17.8 Å². The van der Waals surface area contributed by atoms with Gasteiger partial charge in [-0.25, -0.2) is 0 Å². The van der Waals surface area contributed by atoms with E-state index < -0.39 is 0 Å². The van der Waals surface area contributed by atoms with Gasteiger partial charge >= 0.3 is 0 Å². The van der Waals surface area contributed by atoms with E-state index in [1.54, 1.807) is 0 Å². The van der Waals surface area contributed by atoms with E-state index in [-0.39, 0.29) is 0 Å². The molecule has 1 rings (SSSR count). The molecule has 0 amide bonds. The molecule has 226 valence electrons. The summed E-state index contributed by atoms with van der Waals surface area (Å²) < 4.78 is 0. The summed E-state index contributed by atoms with van der Waals surface area (Å²) in [5, 5.41) is 0. The standard InChI is InChI=1S/C36H72N2/c1-3-5-7-19-25-33-29-30-34(26-20-15-12-14-18-24-32-38)36(35(33)27-21-8-6-4-2)28-22-16-11-9-10-13-17-23-31-37/h29,34-36H,3-28,30-32,37-38H2,1-2H3. The largest absolute Gasteiger partial charge is 0.330 e. The third kappa shape index (κ3) is 18.1. The number of unbranched alkanes of at least 4 members (excludes halogenated alkanes) is 18. The van der Waals surface area contributed by atoms with Crippen molar-refractivity contribution in [2.75, 3.05) is 13.1 Å². The van der Waals surface area contributed by atoms with Crippen LogP contribution in [0.1, 0.15) is 187 Å². The Labute approximate surface area is 240 Å². The van der Waals surface area contributed by atoms with E-state index in [9.17, 15) is 0 Å². The van der Waals surface area contributed by atoms with E-state index in [1.165, 1.54) is 173 Å². The summed E-state index contributed by atoms with van der Waals surface area (Å²) in [7, 11) is 0. The Kier molecular flexibility index (Phi) is 25.2. The smallest absolute Gasteiger partial charge is 0.00773 e. The Morgan fingerprint density at radius 2 is 0.974 bits per heavy atom. The summed E-state index contributed by atoms with van der Waals surface area (Å²) in [6.07, 6.45) is 40.7. The minimum Gasteiger partial charge on any atom is -0.330 e. The number of nitrogens with two attached hydrogens (primary N) is 2. The molecule has 0 bridgehead atoms. The fourth-order valence-corrected chi connectivity index (χ4v) is 7.08. The van der Waals surface area contributed by atoms with Gasteiger partial charge in [0.2, 0.25) is 0 Å². The summed E-state index contributed by atoms with van der Waals surface area (Å²) >= 11 is 0. The molecule has 1 aliphatic carbocycles. The lowest BCUT2D eigenvalue weighted by molar-refractivity contribution is 0.184. The lowest BCUT2D eigenvalue weighted by Crippen LogP contribution is -2.29. The van der Waals surface area contributed by atoms with Gasteiger partial charge in [-0.15, -0.1) is 0 Å². The van der Waals surface area contributed by atoms with Crippen LogP contribution in [-0.2, 0) is 0 Å². The molecular formula is C36H72N2. The van der Waals surface area contributed by atoms with Crippen LogP contribution in [0.4, 0.5) is 0 Å². The van der Waals surface area contributed by atoms with E-state index in [0.29, 0.717) is 0 Å². The van der Waals surface area contributed by atoms with Crippen LogP contribution in [0.2, 0.25) is 0 Å². The van der Waals surface area contributed by atoms with Gasteiger partial charge < -0.3 is 11.5 Å². The van der Waals surface area contributed by atoms with E-state index in [4.69, 9.17) is 11.5 Å². The van der Waals surface area contributed by atoms with Gasteiger partial charge in [0.15, 0.2) is 0 Å². The zero-order valence-corrected chi connectivity index (χ0v) is 26.5. The monoisotopic (exact) mass is 533 g/mol. The van der Waals surface area contributed by atoms with Crippen molar-refractivity contribution in [3.8, 4) is 0 Å². The molecule has 2 nitrogen and oxygen atoms in total. The van der Waals surface area contributed by atoms with Crippen molar-refractivity contribution < 1.29 is 0 Å². The fraction of sp³-hybridized carbons (Fsp3) is 0.944. The quantitative estimate of drug-likeness (QED) is 0.0777. The Balaban J connectivity index is 2.67. The summed E-state index contributed by atoms with van der Waals surface area (Å²) in [6.45, 7) is 6.43. The van der Waals surface area contributed by atoms with Crippen molar-refractivity contribution in [2.24, 2.45) is 29.2 Å².